The Morgan fingerprint density at radius 3 is 2.20 bits per heavy atom. The van der Waals surface area contributed by atoms with Crippen LogP contribution in [0.3, 0.4) is 0 Å². The first-order chi connectivity index (χ1) is 19.7. The standard InChI is InChI=1S/C34H37N5O2/c1-23-28(9-8-10-29(23)37-31(40)24-11-15-26(16-12-24)34(2,3)4)30-19-20-35-33(38-30)36-27-17-13-25(14-18-27)32(41)39-21-6-5-7-22-39/h8-20H,5-7,21-22H2,1-4H3,(H,37,40)(H,35,36,38). The first-order valence-electron chi connectivity index (χ1n) is 14.2. The number of nitrogens with zero attached hydrogens (tertiary/aromatic N) is 3. The molecule has 3 aromatic carbocycles. The average molecular weight is 548 g/mol. The fourth-order valence-electron chi connectivity index (χ4n) is 5.04. The van der Waals surface area contributed by atoms with Crippen molar-refractivity contribution >= 4 is 29.1 Å². The van der Waals surface area contributed by atoms with Crippen LogP contribution in [0.15, 0.2) is 79.0 Å². The molecule has 0 spiro atoms. The van der Waals surface area contributed by atoms with Crippen LogP contribution in [-0.4, -0.2) is 39.8 Å². The number of carbonyl (C=O) groups excluding carboxylic acids is 2. The minimum absolute atomic E-state index is 0.0283. The summed E-state index contributed by atoms with van der Waals surface area (Å²) in [6.45, 7) is 10.1. The van der Waals surface area contributed by atoms with E-state index in [1.165, 1.54) is 12.0 Å². The maximum absolute atomic E-state index is 13.0. The van der Waals surface area contributed by atoms with Crippen molar-refractivity contribution in [3.05, 3.63) is 101 Å². The SMILES string of the molecule is Cc1c(NC(=O)c2ccc(C(C)(C)C)cc2)cccc1-c1ccnc(Nc2ccc(C(=O)N3CCCCC3)cc2)n1. The molecule has 0 radical (unpaired) electrons. The lowest BCUT2D eigenvalue weighted by Gasteiger charge is -2.26. The molecule has 4 aromatic rings. The zero-order valence-corrected chi connectivity index (χ0v) is 24.2. The highest BCUT2D eigenvalue weighted by atomic mass is 16.2. The molecule has 7 nitrogen and oxygen atoms in total. The van der Waals surface area contributed by atoms with Gasteiger partial charge in [-0.25, -0.2) is 9.97 Å². The molecule has 1 fully saturated rings. The topological polar surface area (TPSA) is 87.2 Å². The molecule has 41 heavy (non-hydrogen) atoms. The monoisotopic (exact) mass is 547 g/mol. The van der Waals surface area contributed by atoms with Crippen molar-refractivity contribution < 1.29 is 9.59 Å². The quantitative estimate of drug-likeness (QED) is 0.263. The summed E-state index contributed by atoms with van der Waals surface area (Å²) < 4.78 is 0. The largest absolute Gasteiger partial charge is 0.339 e. The van der Waals surface area contributed by atoms with E-state index in [0.717, 1.165) is 54.1 Å². The molecule has 2 amide bonds. The maximum Gasteiger partial charge on any atom is 0.255 e. The Morgan fingerprint density at radius 1 is 0.829 bits per heavy atom. The van der Waals surface area contributed by atoms with Crippen molar-refractivity contribution in [1.29, 1.82) is 0 Å². The number of rotatable bonds is 6. The molecular formula is C34H37N5O2. The Bertz CT molecular complexity index is 1530. The molecule has 1 aliphatic heterocycles. The van der Waals surface area contributed by atoms with Crippen LogP contribution in [0, 0.1) is 6.92 Å². The number of carbonyl (C=O) groups is 2. The van der Waals surface area contributed by atoms with Crippen molar-refractivity contribution in [2.45, 2.75) is 52.4 Å². The Kier molecular flexibility index (Phi) is 8.15. The number of benzene rings is 3. The molecular weight excluding hydrogens is 510 g/mol. The lowest BCUT2D eigenvalue weighted by molar-refractivity contribution is 0.0724. The van der Waals surface area contributed by atoms with Crippen LogP contribution in [0.1, 0.15) is 71.9 Å². The second-order valence-corrected chi connectivity index (χ2v) is 11.6. The highest BCUT2D eigenvalue weighted by Crippen LogP contribution is 2.29. The number of hydrogen-bond acceptors (Lipinski definition) is 5. The van der Waals surface area contributed by atoms with Gasteiger partial charge in [0.15, 0.2) is 0 Å². The molecule has 0 saturated carbocycles. The van der Waals surface area contributed by atoms with Gasteiger partial charge < -0.3 is 15.5 Å². The highest BCUT2D eigenvalue weighted by molar-refractivity contribution is 6.05. The van der Waals surface area contributed by atoms with E-state index in [2.05, 4.69) is 36.4 Å². The van der Waals surface area contributed by atoms with Crippen LogP contribution in [0.25, 0.3) is 11.3 Å². The van der Waals surface area contributed by atoms with Gasteiger partial charge in [0.25, 0.3) is 11.8 Å². The van der Waals surface area contributed by atoms with Crippen molar-refractivity contribution in [3.8, 4) is 11.3 Å². The molecule has 210 valence electrons. The lowest BCUT2D eigenvalue weighted by Crippen LogP contribution is -2.35. The summed E-state index contributed by atoms with van der Waals surface area (Å²) in [4.78, 5) is 36.8. The molecule has 0 aliphatic carbocycles. The molecule has 0 unspecified atom stereocenters. The number of nitrogens with one attached hydrogen (secondary N) is 2. The van der Waals surface area contributed by atoms with Crippen molar-refractivity contribution in [1.82, 2.24) is 14.9 Å². The van der Waals surface area contributed by atoms with Gasteiger partial charge in [-0.2, -0.15) is 0 Å². The zero-order chi connectivity index (χ0) is 29.0. The zero-order valence-electron chi connectivity index (χ0n) is 24.2. The Morgan fingerprint density at radius 2 is 1.51 bits per heavy atom. The summed E-state index contributed by atoms with van der Waals surface area (Å²) in [5.74, 6) is 0.377. The minimum atomic E-state index is -0.155. The number of aromatic nitrogens is 2. The second kappa shape index (κ2) is 11.9. The van der Waals surface area contributed by atoms with Gasteiger partial charge in [0.1, 0.15) is 0 Å². The first kappa shape index (κ1) is 28.0. The van der Waals surface area contributed by atoms with Gasteiger partial charge in [-0.05, 0) is 91.3 Å². The van der Waals surface area contributed by atoms with Crippen LogP contribution in [0.4, 0.5) is 17.3 Å². The maximum atomic E-state index is 13.0. The molecule has 2 heterocycles. The van der Waals surface area contributed by atoms with E-state index in [1.807, 2.05) is 84.6 Å². The summed E-state index contributed by atoms with van der Waals surface area (Å²) in [5.41, 5.74) is 6.59. The van der Waals surface area contributed by atoms with Crippen molar-refractivity contribution in [3.63, 3.8) is 0 Å². The van der Waals surface area contributed by atoms with Crippen LogP contribution >= 0.6 is 0 Å². The highest BCUT2D eigenvalue weighted by Gasteiger charge is 2.18. The summed E-state index contributed by atoms with van der Waals surface area (Å²) >= 11 is 0. The molecule has 0 atom stereocenters. The Hall–Kier alpha value is -4.52. The summed E-state index contributed by atoms with van der Waals surface area (Å²) in [5, 5.41) is 6.30. The molecule has 1 saturated heterocycles. The first-order valence-corrected chi connectivity index (χ1v) is 14.2. The van der Waals surface area contributed by atoms with Crippen molar-refractivity contribution in [2.75, 3.05) is 23.7 Å². The molecule has 5 rings (SSSR count). The van der Waals surface area contributed by atoms with E-state index >= 15 is 0 Å². The van der Waals surface area contributed by atoms with E-state index in [0.29, 0.717) is 17.1 Å². The van der Waals surface area contributed by atoms with E-state index < -0.39 is 0 Å². The minimum Gasteiger partial charge on any atom is -0.339 e. The smallest absolute Gasteiger partial charge is 0.255 e. The summed E-state index contributed by atoms with van der Waals surface area (Å²) in [7, 11) is 0. The molecule has 1 aliphatic rings. The normalized spacial score (nSPS) is 13.5. The van der Waals surface area contributed by atoms with E-state index in [-0.39, 0.29) is 17.2 Å². The van der Waals surface area contributed by atoms with Crippen LogP contribution in [0.2, 0.25) is 0 Å². The lowest BCUT2D eigenvalue weighted by atomic mass is 9.86. The third kappa shape index (κ3) is 6.62. The van der Waals surface area contributed by atoms with Gasteiger partial charge in [0, 0.05) is 47.4 Å². The average Bonchev–Trinajstić information content (AvgIpc) is 2.98. The van der Waals surface area contributed by atoms with Gasteiger partial charge in [-0.15, -0.1) is 0 Å². The summed E-state index contributed by atoms with van der Waals surface area (Å²) in [6.07, 6.45) is 5.04. The van der Waals surface area contributed by atoms with E-state index in [9.17, 15) is 9.59 Å². The predicted molar refractivity (Wildman–Crippen MR) is 165 cm³/mol. The molecule has 2 N–H and O–H groups in total. The van der Waals surface area contributed by atoms with Gasteiger partial charge in [-0.3, -0.25) is 9.59 Å². The third-order valence-electron chi connectivity index (χ3n) is 7.56. The van der Waals surface area contributed by atoms with Gasteiger partial charge in [0.2, 0.25) is 5.95 Å². The van der Waals surface area contributed by atoms with Gasteiger partial charge in [-0.1, -0.05) is 45.0 Å². The third-order valence-corrected chi connectivity index (χ3v) is 7.56. The predicted octanol–water partition coefficient (Wildman–Crippen LogP) is 7.37. The van der Waals surface area contributed by atoms with Crippen LogP contribution < -0.4 is 10.6 Å². The van der Waals surface area contributed by atoms with Gasteiger partial charge >= 0.3 is 0 Å². The molecule has 0 bridgehead atoms. The Labute approximate surface area is 242 Å². The van der Waals surface area contributed by atoms with E-state index in [1.54, 1.807) is 6.20 Å². The van der Waals surface area contributed by atoms with E-state index in [4.69, 9.17) is 4.98 Å². The number of hydrogen-bond donors (Lipinski definition) is 2. The fourth-order valence-corrected chi connectivity index (χ4v) is 5.04. The number of piperidine rings is 1. The van der Waals surface area contributed by atoms with Gasteiger partial charge in [0.05, 0.1) is 5.69 Å². The number of amides is 2. The Balaban J connectivity index is 1.29. The van der Waals surface area contributed by atoms with Crippen LogP contribution in [0.5, 0.6) is 0 Å². The fraction of sp³-hybridized carbons (Fsp3) is 0.294. The van der Waals surface area contributed by atoms with Crippen molar-refractivity contribution in [2.24, 2.45) is 0 Å². The summed E-state index contributed by atoms with van der Waals surface area (Å²) in [6, 6.07) is 22.8. The van der Waals surface area contributed by atoms with Crippen LogP contribution in [-0.2, 0) is 5.41 Å². The molecule has 1 aromatic heterocycles. The second-order valence-electron chi connectivity index (χ2n) is 11.6. The number of anilines is 3. The molecule has 7 heteroatoms. The number of likely N-dealkylation sites (tertiary alicyclic amines) is 1.